The first-order chi connectivity index (χ1) is 35.9. The van der Waals surface area contributed by atoms with Gasteiger partial charge in [-0.25, -0.2) is 0 Å². The number of carbonyl (C=O) groups excluding carboxylic acids is 3. The van der Waals surface area contributed by atoms with E-state index in [1.165, 1.54) is 0 Å². The molecule has 0 aliphatic carbocycles. The minimum atomic E-state index is -2.12. The molecule has 0 radical (unpaired) electrons. The Hall–Kier alpha value is -2.71. The zero-order valence-electron chi connectivity index (χ0n) is 40.9. The molecule has 34 heteroatoms. The second kappa shape index (κ2) is 27.2. The maximum Gasteiger partial charge on any atom is 0.217 e. The van der Waals surface area contributed by atoms with Crippen molar-refractivity contribution >= 4 is 17.7 Å². The van der Waals surface area contributed by atoms with Crippen LogP contribution in [-0.2, 0) is 66.5 Å². The van der Waals surface area contributed by atoms with Crippen molar-refractivity contribution < 1.29 is 153 Å². The van der Waals surface area contributed by atoms with Crippen LogP contribution in [0, 0.1) is 0 Å². The molecule has 0 aromatic heterocycles. The molecule has 76 heavy (non-hydrogen) atoms. The molecule has 20 N–H and O–H groups in total. The minimum absolute atomic E-state index is 0.753. The molecule has 0 aromatic rings. The summed E-state index contributed by atoms with van der Waals surface area (Å²) in [6.07, 6.45) is -49.3. The number of ether oxygens (including phenoxy) is 11. The van der Waals surface area contributed by atoms with Gasteiger partial charge in [-0.2, -0.15) is 0 Å². The molecule has 6 aliphatic rings. The van der Waals surface area contributed by atoms with Crippen LogP contribution in [0.4, 0.5) is 0 Å². The molecule has 30 atom stereocenters. The first-order valence-corrected chi connectivity index (χ1v) is 24.1. The summed E-state index contributed by atoms with van der Waals surface area (Å²) in [5.41, 5.74) is 0. The fraction of sp³-hybridized carbons (Fsp3) is 0.929. The van der Waals surface area contributed by atoms with Crippen LogP contribution < -0.4 is 16.0 Å². The summed E-state index contributed by atoms with van der Waals surface area (Å²) in [6.45, 7) is -2.11. The Labute approximate surface area is 431 Å². The summed E-state index contributed by atoms with van der Waals surface area (Å²) in [7, 11) is 0. The first-order valence-electron chi connectivity index (χ1n) is 24.1. The quantitative estimate of drug-likeness (QED) is 0.0571. The van der Waals surface area contributed by atoms with Crippen LogP contribution in [0.2, 0.25) is 0 Å². The number of rotatable bonds is 19. The normalized spacial score (nSPS) is 48.2. The molecule has 0 spiro atoms. The Morgan fingerprint density at radius 3 is 1.00 bits per heavy atom. The summed E-state index contributed by atoms with van der Waals surface area (Å²) < 4.78 is 62.6. The van der Waals surface area contributed by atoms with Gasteiger partial charge in [0.05, 0.1) is 39.6 Å². The second-order valence-corrected chi connectivity index (χ2v) is 19.0. The van der Waals surface area contributed by atoms with Crippen molar-refractivity contribution in [3.05, 3.63) is 0 Å². The predicted molar refractivity (Wildman–Crippen MR) is 234 cm³/mol. The van der Waals surface area contributed by atoms with E-state index in [0.717, 1.165) is 20.8 Å². The van der Waals surface area contributed by atoms with Crippen LogP contribution >= 0.6 is 0 Å². The Morgan fingerprint density at radius 2 is 0.645 bits per heavy atom. The fourth-order valence-corrected chi connectivity index (χ4v) is 9.52. The van der Waals surface area contributed by atoms with Crippen LogP contribution in [0.15, 0.2) is 0 Å². The third-order valence-electron chi connectivity index (χ3n) is 13.6. The van der Waals surface area contributed by atoms with Crippen LogP contribution in [-0.4, -0.2) is 328 Å². The summed E-state index contributed by atoms with van der Waals surface area (Å²) in [5, 5.41) is 188. The number of hydrogen-bond donors (Lipinski definition) is 20. The monoisotopic (exact) mass is 1110 g/mol. The molecule has 6 rings (SSSR count). The maximum atomic E-state index is 12.5. The third kappa shape index (κ3) is 13.9. The van der Waals surface area contributed by atoms with Gasteiger partial charge in [0.1, 0.15) is 146 Å². The highest BCUT2D eigenvalue weighted by Crippen LogP contribution is 2.35. The topological polar surface area (TPSA) is 533 Å². The van der Waals surface area contributed by atoms with Crippen molar-refractivity contribution in [2.75, 3.05) is 39.6 Å². The largest absolute Gasteiger partial charge is 0.394 e. The lowest BCUT2D eigenvalue weighted by molar-refractivity contribution is -0.363. The van der Waals surface area contributed by atoms with Gasteiger partial charge in [0.25, 0.3) is 0 Å². The van der Waals surface area contributed by atoms with Crippen molar-refractivity contribution in [2.45, 2.75) is 205 Å². The van der Waals surface area contributed by atoms with Crippen LogP contribution in [0.1, 0.15) is 20.8 Å². The van der Waals surface area contributed by atoms with E-state index in [-0.39, 0.29) is 0 Å². The van der Waals surface area contributed by atoms with Crippen LogP contribution in [0.25, 0.3) is 0 Å². The highest BCUT2D eigenvalue weighted by Gasteiger charge is 2.56. The lowest BCUT2D eigenvalue weighted by Crippen LogP contribution is -2.69. The molecule has 0 aromatic carbocycles. The number of carbonyl (C=O) groups is 3. The van der Waals surface area contributed by atoms with Gasteiger partial charge in [0.15, 0.2) is 37.7 Å². The molecular formula is C42H71N3O31. The van der Waals surface area contributed by atoms with Crippen molar-refractivity contribution in [3.8, 4) is 0 Å². The average Bonchev–Trinajstić information content (AvgIpc) is 3.38. The highest BCUT2D eigenvalue weighted by atomic mass is 16.8. The Kier molecular flexibility index (Phi) is 22.3. The molecule has 0 bridgehead atoms. The van der Waals surface area contributed by atoms with Gasteiger partial charge >= 0.3 is 0 Å². The van der Waals surface area contributed by atoms with Crippen molar-refractivity contribution in [3.63, 3.8) is 0 Å². The van der Waals surface area contributed by atoms with Gasteiger partial charge in [-0.1, -0.05) is 0 Å². The fourth-order valence-electron chi connectivity index (χ4n) is 9.52. The third-order valence-corrected chi connectivity index (χ3v) is 13.6. The zero-order valence-corrected chi connectivity index (χ0v) is 40.9. The highest BCUT2D eigenvalue weighted by molar-refractivity contribution is 5.74. The van der Waals surface area contributed by atoms with Crippen LogP contribution in [0.5, 0.6) is 0 Å². The van der Waals surface area contributed by atoms with E-state index in [1.807, 2.05) is 0 Å². The van der Waals surface area contributed by atoms with Crippen LogP contribution in [0.3, 0.4) is 0 Å². The molecule has 34 nitrogen and oxygen atoms in total. The van der Waals surface area contributed by atoms with E-state index in [1.54, 1.807) is 0 Å². The summed E-state index contributed by atoms with van der Waals surface area (Å²) in [5.74, 6) is -2.32. The van der Waals surface area contributed by atoms with Gasteiger partial charge in [-0.15, -0.1) is 0 Å². The summed E-state index contributed by atoms with van der Waals surface area (Å²) in [6, 6.07) is -4.84. The number of nitrogens with one attached hydrogen (secondary N) is 3. The zero-order chi connectivity index (χ0) is 56.2. The SMILES string of the molecule is CC(=O)N[C@H]1[C@H](OC[C@H]2O[C@@H](O[C@H]3[C@H](O)[C@@H](NC(C)=O)[C@H](OC[C@H]4OC(O)[C@H](NC(C)=O)[C@@H](O[C@@H]5O[C@H](CO)[C@H](O)[C@H](O)[C@H]5O)[C@H]4O)O[C@@H]3CO)[C@H](O)[C@@H](O)[C@H]2O)O[C@H](CO)[C@@H](O[C@@H]2O[C@H](CO)[C@H](O)[C@H](O)[C@H]2O)[C@@H]1O. The van der Waals surface area contributed by atoms with E-state index in [9.17, 15) is 101 Å². The van der Waals surface area contributed by atoms with E-state index >= 15 is 0 Å². The average molecular weight is 1110 g/mol. The smallest absolute Gasteiger partial charge is 0.217 e. The van der Waals surface area contributed by atoms with E-state index in [0.29, 0.717) is 0 Å². The molecule has 6 aliphatic heterocycles. The molecular weight excluding hydrogens is 1040 g/mol. The van der Waals surface area contributed by atoms with E-state index in [4.69, 9.17) is 52.1 Å². The minimum Gasteiger partial charge on any atom is -0.394 e. The van der Waals surface area contributed by atoms with Gasteiger partial charge in [-0.05, 0) is 0 Å². The molecule has 6 fully saturated rings. The number of aliphatic hydroxyl groups excluding tert-OH is 17. The van der Waals surface area contributed by atoms with Crippen molar-refractivity contribution in [1.82, 2.24) is 16.0 Å². The van der Waals surface area contributed by atoms with Gasteiger partial charge in [-0.3, -0.25) is 14.4 Å². The van der Waals surface area contributed by atoms with Gasteiger partial charge in [0, 0.05) is 20.8 Å². The summed E-state index contributed by atoms with van der Waals surface area (Å²) >= 11 is 0. The molecule has 6 saturated heterocycles. The lowest BCUT2D eigenvalue weighted by atomic mass is 9.94. The maximum absolute atomic E-state index is 12.5. The molecule has 3 amide bonds. The van der Waals surface area contributed by atoms with E-state index < -0.39 is 241 Å². The predicted octanol–water partition coefficient (Wildman–Crippen LogP) is -13.7. The molecule has 0 saturated carbocycles. The van der Waals surface area contributed by atoms with Crippen molar-refractivity contribution in [1.29, 1.82) is 0 Å². The second-order valence-electron chi connectivity index (χ2n) is 19.0. The number of aliphatic hydroxyl groups is 17. The van der Waals surface area contributed by atoms with E-state index in [2.05, 4.69) is 16.0 Å². The van der Waals surface area contributed by atoms with Gasteiger partial charge < -0.3 is 155 Å². The Bertz CT molecular complexity index is 1870. The Morgan fingerprint density at radius 1 is 0.342 bits per heavy atom. The van der Waals surface area contributed by atoms with Gasteiger partial charge in [0.2, 0.25) is 17.7 Å². The Balaban J connectivity index is 1.13. The number of hydrogen-bond acceptors (Lipinski definition) is 31. The standard InChI is InChI=1S/C42H71N3O31/c1-10(50)43-19-26(57)34(74-40-31(62)28(59)22(53)13(4-46)69-40)15(6-48)71-38(19)66-8-17-24(55)30(61)33(64)42(73-17)75-35-16(7-49)72-39(20(27(35)58)44-11(2)51)67-9-18-25(56)36(21(37(65)68-18)45-12(3)52)76-41-32(63)29(60)23(54)14(5-47)70-41/h13-42,46-49,53-65H,4-9H2,1-3H3,(H,43,50)(H,44,51)(H,45,52)/t13-,14-,15-,16-,17-,18-,19-,20-,21-,22+,23+,24+,25+,26-,27-,28+,29+,30+,31-,32-,33-,34-,35-,36-,37?,38-,39-,40+,41+,42+/m1/s1. The summed E-state index contributed by atoms with van der Waals surface area (Å²) in [4.78, 5) is 37.0. The molecule has 440 valence electrons. The molecule has 6 heterocycles. The van der Waals surface area contributed by atoms with Crippen molar-refractivity contribution in [2.24, 2.45) is 0 Å². The number of amides is 3. The molecule has 1 unspecified atom stereocenters. The lowest BCUT2D eigenvalue weighted by Gasteiger charge is -2.48. The first kappa shape index (κ1) is 62.5.